The van der Waals surface area contributed by atoms with E-state index >= 15 is 0 Å². The van der Waals surface area contributed by atoms with Gasteiger partial charge in [-0.1, -0.05) is 25.1 Å². The molecule has 1 aromatic carbocycles. The van der Waals surface area contributed by atoms with E-state index in [9.17, 15) is 18.3 Å². The first-order valence-electron chi connectivity index (χ1n) is 6.71. The number of carboxylic acids is 1. The number of carboxylic acid groups (broad SMARTS) is 1. The molecule has 1 aliphatic rings. The number of sulfonamides is 1. The lowest BCUT2D eigenvalue weighted by molar-refractivity contribution is -0.151. The predicted molar refractivity (Wildman–Crippen MR) is 74.8 cm³/mol. The third-order valence-electron chi connectivity index (χ3n) is 4.19. The van der Waals surface area contributed by atoms with Crippen molar-refractivity contribution in [2.75, 3.05) is 13.1 Å². The molecule has 20 heavy (non-hydrogen) atoms. The molecule has 0 radical (unpaired) electrons. The van der Waals surface area contributed by atoms with Crippen LogP contribution in [0.25, 0.3) is 0 Å². The summed E-state index contributed by atoms with van der Waals surface area (Å²) in [5.41, 5.74) is -0.775. The molecule has 0 aromatic heterocycles. The molecule has 1 saturated heterocycles. The molecule has 0 bridgehead atoms. The van der Waals surface area contributed by atoms with Crippen LogP contribution in [0.5, 0.6) is 0 Å². The second-order valence-electron chi connectivity index (χ2n) is 5.16. The van der Waals surface area contributed by atoms with Gasteiger partial charge in [0.15, 0.2) is 0 Å². The number of hydrogen-bond acceptors (Lipinski definition) is 3. The van der Waals surface area contributed by atoms with Crippen LogP contribution in [0.1, 0.15) is 26.2 Å². The lowest BCUT2D eigenvalue weighted by atomic mass is 9.77. The number of rotatable bonds is 4. The van der Waals surface area contributed by atoms with Crippen LogP contribution in [0.15, 0.2) is 35.2 Å². The molecule has 0 spiro atoms. The maximum absolute atomic E-state index is 12.4. The maximum atomic E-state index is 12.4. The van der Waals surface area contributed by atoms with Gasteiger partial charge in [-0.05, 0) is 31.4 Å². The number of benzene rings is 1. The Morgan fingerprint density at radius 1 is 1.25 bits per heavy atom. The summed E-state index contributed by atoms with van der Waals surface area (Å²) in [6, 6.07) is 8.26. The molecule has 1 fully saturated rings. The zero-order valence-corrected chi connectivity index (χ0v) is 12.3. The van der Waals surface area contributed by atoms with Crippen LogP contribution in [-0.2, 0) is 14.8 Å². The average Bonchev–Trinajstić information content (AvgIpc) is 2.48. The van der Waals surface area contributed by atoms with Gasteiger partial charge in [-0.25, -0.2) is 8.42 Å². The van der Waals surface area contributed by atoms with E-state index in [-0.39, 0.29) is 18.0 Å². The fourth-order valence-corrected chi connectivity index (χ4v) is 4.08. The fraction of sp³-hybridized carbons (Fsp3) is 0.500. The average molecular weight is 297 g/mol. The smallest absolute Gasteiger partial charge is 0.309 e. The van der Waals surface area contributed by atoms with E-state index in [0.29, 0.717) is 19.3 Å². The minimum absolute atomic E-state index is 0.261. The molecule has 2 rings (SSSR count). The monoisotopic (exact) mass is 297 g/mol. The first-order chi connectivity index (χ1) is 9.42. The second kappa shape index (κ2) is 5.54. The molecule has 1 heterocycles. The number of piperidine rings is 1. The van der Waals surface area contributed by atoms with Gasteiger partial charge in [-0.3, -0.25) is 4.79 Å². The largest absolute Gasteiger partial charge is 0.481 e. The van der Waals surface area contributed by atoms with E-state index in [1.54, 1.807) is 30.3 Å². The topological polar surface area (TPSA) is 74.7 Å². The third kappa shape index (κ3) is 2.58. The van der Waals surface area contributed by atoms with Gasteiger partial charge in [0.1, 0.15) is 0 Å². The molecular weight excluding hydrogens is 278 g/mol. The summed E-state index contributed by atoms with van der Waals surface area (Å²) in [6.07, 6.45) is 1.26. The van der Waals surface area contributed by atoms with Gasteiger partial charge in [0.2, 0.25) is 10.0 Å². The Labute approximate surface area is 119 Å². The van der Waals surface area contributed by atoms with Crippen molar-refractivity contribution in [1.82, 2.24) is 4.31 Å². The Hall–Kier alpha value is -1.40. The van der Waals surface area contributed by atoms with E-state index < -0.39 is 21.4 Å². The fourth-order valence-electron chi connectivity index (χ4n) is 2.61. The maximum Gasteiger partial charge on any atom is 0.309 e. The van der Waals surface area contributed by atoms with Crippen molar-refractivity contribution in [3.63, 3.8) is 0 Å². The molecule has 0 saturated carbocycles. The molecule has 0 aliphatic carbocycles. The second-order valence-corrected chi connectivity index (χ2v) is 7.09. The molecule has 0 atom stereocenters. The molecule has 1 aromatic rings. The Morgan fingerprint density at radius 2 is 1.80 bits per heavy atom. The standard InChI is InChI=1S/C14H19NO4S/c1-2-14(13(16)17)8-10-15(11-9-14)20(18,19)12-6-4-3-5-7-12/h3-7H,2,8-11H2,1H3,(H,16,17). The van der Waals surface area contributed by atoms with Gasteiger partial charge in [0.05, 0.1) is 10.3 Å². The Bertz CT molecular complexity index is 574. The van der Waals surface area contributed by atoms with Gasteiger partial charge in [-0.2, -0.15) is 4.31 Å². The van der Waals surface area contributed by atoms with Gasteiger partial charge in [0.25, 0.3) is 0 Å². The van der Waals surface area contributed by atoms with Crippen molar-refractivity contribution in [1.29, 1.82) is 0 Å². The zero-order valence-electron chi connectivity index (χ0n) is 11.4. The van der Waals surface area contributed by atoms with Crippen molar-refractivity contribution in [2.45, 2.75) is 31.1 Å². The lowest BCUT2D eigenvalue weighted by Crippen LogP contribution is -2.46. The zero-order chi connectivity index (χ0) is 14.8. The molecule has 5 nitrogen and oxygen atoms in total. The van der Waals surface area contributed by atoms with E-state index in [1.165, 1.54) is 4.31 Å². The lowest BCUT2D eigenvalue weighted by Gasteiger charge is -2.37. The van der Waals surface area contributed by atoms with E-state index in [2.05, 4.69) is 0 Å². The van der Waals surface area contributed by atoms with Crippen LogP contribution in [0, 0.1) is 5.41 Å². The third-order valence-corrected chi connectivity index (χ3v) is 6.10. The minimum atomic E-state index is -3.51. The molecule has 0 unspecified atom stereocenters. The highest BCUT2D eigenvalue weighted by Crippen LogP contribution is 2.36. The van der Waals surface area contributed by atoms with Crippen molar-refractivity contribution >= 4 is 16.0 Å². The SMILES string of the molecule is CCC1(C(=O)O)CCN(S(=O)(=O)c2ccccc2)CC1. The van der Waals surface area contributed by atoms with Crippen molar-refractivity contribution in [3.8, 4) is 0 Å². The van der Waals surface area contributed by atoms with Crippen LogP contribution in [0.3, 0.4) is 0 Å². The number of aliphatic carboxylic acids is 1. The first-order valence-corrected chi connectivity index (χ1v) is 8.15. The number of hydrogen-bond donors (Lipinski definition) is 1. The van der Waals surface area contributed by atoms with Gasteiger partial charge >= 0.3 is 5.97 Å². The van der Waals surface area contributed by atoms with Crippen LogP contribution in [-0.4, -0.2) is 36.9 Å². The molecule has 1 N–H and O–H groups in total. The van der Waals surface area contributed by atoms with Crippen molar-refractivity contribution in [3.05, 3.63) is 30.3 Å². The first kappa shape index (κ1) is 15.0. The summed E-state index contributed by atoms with van der Waals surface area (Å²) in [4.78, 5) is 11.6. The summed E-state index contributed by atoms with van der Waals surface area (Å²) in [5.74, 6) is -0.822. The van der Waals surface area contributed by atoms with Crippen molar-refractivity contribution in [2.24, 2.45) is 5.41 Å². The quantitative estimate of drug-likeness (QED) is 0.921. The van der Waals surface area contributed by atoms with Gasteiger partial charge < -0.3 is 5.11 Å². The molecule has 110 valence electrons. The summed E-state index contributed by atoms with van der Waals surface area (Å²) in [5, 5.41) is 9.33. The molecule has 1 aliphatic heterocycles. The molecule has 6 heteroatoms. The van der Waals surface area contributed by atoms with Crippen LogP contribution in [0.2, 0.25) is 0 Å². The summed E-state index contributed by atoms with van der Waals surface area (Å²) < 4.78 is 26.3. The highest BCUT2D eigenvalue weighted by molar-refractivity contribution is 7.89. The van der Waals surface area contributed by atoms with Gasteiger partial charge in [0, 0.05) is 13.1 Å². The Balaban J connectivity index is 2.17. The van der Waals surface area contributed by atoms with Crippen LogP contribution >= 0.6 is 0 Å². The highest BCUT2D eigenvalue weighted by Gasteiger charge is 2.42. The van der Waals surface area contributed by atoms with E-state index in [4.69, 9.17) is 0 Å². The predicted octanol–water partition coefficient (Wildman–Crippen LogP) is 1.95. The number of nitrogens with zero attached hydrogens (tertiary/aromatic N) is 1. The number of carbonyl (C=O) groups is 1. The molecular formula is C14H19NO4S. The normalized spacial score (nSPS) is 19.6. The van der Waals surface area contributed by atoms with Crippen molar-refractivity contribution < 1.29 is 18.3 Å². The Morgan fingerprint density at radius 3 is 2.25 bits per heavy atom. The summed E-state index contributed by atoms with van der Waals surface area (Å²) in [7, 11) is -3.51. The van der Waals surface area contributed by atoms with Crippen LogP contribution in [0.4, 0.5) is 0 Å². The van der Waals surface area contributed by atoms with Gasteiger partial charge in [-0.15, -0.1) is 0 Å². The molecule has 0 amide bonds. The highest BCUT2D eigenvalue weighted by atomic mass is 32.2. The van der Waals surface area contributed by atoms with E-state index in [0.717, 1.165) is 0 Å². The summed E-state index contributed by atoms with van der Waals surface area (Å²) >= 11 is 0. The minimum Gasteiger partial charge on any atom is -0.481 e. The van der Waals surface area contributed by atoms with Crippen LogP contribution < -0.4 is 0 Å². The summed E-state index contributed by atoms with van der Waals surface area (Å²) in [6.45, 7) is 2.37. The van der Waals surface area contributed by atoms with E-state index in [1.807, 2.05) is 6.92 Å². The Kier molecular flexibility index (Phi) is 4.15.